The lowest BCUT2D eigenvalue weighted by Crippen LogP contribution is -2.30. The fourth-order valence-electron chi connectivity index (χ4n) is 4.07. The molecule has 5 rings (SSSR count). The Morgan fingerprint density at radius 1 is 0.774 bits per heavy atom. The van der Waals surface area contributed by atoms with Crippen molar-refractivity contribution >= 4 is 17.3 Å². The highest BCUT2D eigenvalue weighted by molar-refractivity contribution is 7.80. The van der Waals surface area contributed by atoms with E-state index < -0.39 is 0 Å². The van der Waals surface area contributed by atoms with Gasteiger partial charge in [-0.15, -0.1) is 0 Å². The Labute approximate surface area is 186 Å². The predicted molar refractivity (Wildman–Crippen MR) is 123 cm³/mol. The molecule has 0 amide bonds. The average Bonchev–Trinajstić information content (AvgIpc) is 3.40. The van der Waals surface area contributed by atoms with Gasteiger partial charge in [-0.2, -0.15) is 0 Å². The zero-order chi connectivity index (χ0) is 21.0. The second-order valence-corrected chi connectivity index (χ2v) is 7.84. The summed E-state index contributed by atoms with van der Waals surface area (Å²) >= 11 is 5.78. The molecule has 0 bridgehead atoms. The number of rotatable bonds is 6. The maximum atomic E-state index is 5.78. The fourth-order valence-corrected chi connectivity index (χ4v) is 4.37. The molecule has 5 heterocycles. The van der Waals surface area contributed by atoms with Crippen LogP contribution < -0.4 is 5.32 Å². The van der Waals surface area contributed by atoms with Gasteiger partial charge in [-0.05, 0) is 60.7 Å². The highest BCUT2D eigenvalue weighted by atomic mass is 32.1. The van der Waals surface area contributed by atoms with Crippen LogP contribution in [0.15, 0.2) is 91.5 Å². The van der Waals surface area contributed by atoms with Crippen molar-refractivity contribution in [2.24, 2.45) is 0 Å². The first-order valence-electron chi connectivity index (χ1n) is 10.2. The normalized spacial score (nSPS) is 18.2. The van der Waals surface area contributed by atoms with Crippen molar-refractivity contribution in [3.05, 3.63) is 114 Å². The van der Waals surface area contributed by atoms with Crippen LogP contribution in [0.5, 0.6) is 0 Å². The molecule has 7 heteroatoms. The molecule has 0 aromatic carbocycles. The van der Waals surface area contributed by atoms with Crippen molar-refractivity contribution in [2.75, 3.05) is 0 Å². The number of hydrogen-bond acceptors (Lipinski definition) is 4. The average molecular weight is 427 g/mol. The molecule has 0 spiro atoms. The van der Waals surface area contributed by atoms with Crippen molar-refractivity contribution in [1.82, 2.24) is 29.7 Å². The Bertz CT molecular complexity index is 1150. The van der Waals surface area contributed by atoms with Gasteiger partial charge in [0.15, 0.2) is 5.11 Å². The first-order valence-corrected chi connectivity index (χ1v) is 10.6. The third-order valence-electron chi connectivity index (χ3n) is 5.48. The second kappa shape index (κ2) is 8.65. The summed E-state index contributed by atoms with van der Waals surface area (Å²) in [5.41, 5.74) is 4.11. The molecule has 0 aliphatic carbocycles. The highest BCUT2D eigenvalue weighted by Crippen LogP contribution is 2.39. The number of nitrogens with zero attached hydrogens (tertiary/aromatic N) is 5. The van der Waals surface area contributed by atoms with Gasteiger partial charge in [-0.3, -0.25) is 15.0 Å². The Balaban J connectivity index is 1.54. The summed E-state index contributed by atoms with van der Waals surface area (Å²) < 4.78 is 2.24. The topological polar surface area (TPSA) is 58.9 Å². The van der Waals surface area contributed by atoms with Gasteiger partial charge < -0.3 is 14.8 Å². The van der Waals surface area contributed by atoms with E-state index in [-0.39, 0.29) is 12.1 Å². The Morgan fingerprint density at radius 3 is 2.10 bits per heavy atom. The Hall–Kier alpha value is -3.58. The van der Waals surface area contributed by atoms with Crippen LogP contribution in [0.4, 0.5) is 0 Å². The minimum atomic E-state index is -0.0604. The number of pyridine rings is 3. The first kappa shape index (κ1) is 19.4. The minimum Gasteiger partial charge on any atom is -0.352 e. The molecule has 2 atom stereocenters. The molecule has 4 aromatic rings. The van der Waals surface area contributed by atoms with Crippen LogP contribution in [-0.2, 0) is 13.1 Å². The smallest absolute Gasteiger partial charge is 0.170 e. The van der Waals surface area contributed by atoms with Crippen molar-refractivity contribution < 1.29 is 0 Å². The van der Waals surface area contributed by atoms with Gasteiger partial charge in [-0.1, -0.05) is 18.2 Å². The van der Waals surface area contributed by atoms with Crippen LogP contribution in [-0.4, -0.2) is 29.5 Å². The van der Waals surface area contributed by atoms with Crippen LogP contribution in [0.25, 0.3) is 0 Å². The van der Waals surface area contributed by atoms with E-state index >= 15 is 0 Å². The first-order chi connectivity index (χ1) is 15.3. The molecule has 0 unspecified atom stereocenters. The molecular formula is C24H22N6S. The molecule has 31 heavy (non-hydrogen) atoms. The monoisotopic (exact) mass is 426 g/mol. The predicted octanol–water partition coefficient (Wildman–Crippen LogP) is 3.89. The van der Waals surface area contributed by atoms with E-state index in [1.54, 1.807) is 0 Å². The molecule has 154 valence electrons. The second-order valence-electron chi connectivity index (χ2n) is 7.46. The molecule has 1 aliphatic heterocycles. The molecule has 0 saturated carbocycles. The number of aromatic nitrogens is 4. The van der Waals surface area contributed by atoms with Gasteiger partial charge in [0.05, 0.1) is 42.3 Å². The SMILES string of the molecule is S=C1N[C@@H](c2ccccn2)[C@H](c2cccn2Cc2ccccn2)N1Cc1ccccn1. The Morgan fingerprint density at radius 2 is 1.45 bits per heavy atom. The summed E-state index contributed by atoms with van der Waals surface area (Å²) in [6.07, 6.45) is 7.57. The van der Waals surface area contributed by atoms with E-state index in [0.717, 1.165) is 22.8 Å². The maximum Gasteiger partial charge on any atom is 0.170 e. The van der Waals surface area contributed by atoms with Gasteiger partial charge in [0.25, 0.3) is 0 Å². The number of nitrogens with one attached hydrogen (secondary N) is 1. The lowest BCUT2D eigenvalue weighted by molar-refractivity contribution is 0.295. The van der Waals surface area contributed by atoms with E-state index in [4.69, 9.17) is 12.2 Å². The summed E-state index contributed by atoms with van der Waals surface area (Å²) in [5.74, 6) is 0. The molecule has 0 radical (unpaired) electrons. The summed E-state index contributed by atoms with van der Waals surface area (Å²) in [4.78, 5) is 15.9. The van der Waals surface area contributed by atoms with Crippen LogP contribution >= 0.6 is 12.2 Å². The summed E-state index contributed by atoms with van der Waals surface area (Å²) in [7, 11) is 0. The molecular weight excluding hydrogens is 404 g/mol. The Kier molecular flexibility index (Phi) is 5.41. The van der Waals surface area contributed by atoms with Crippen LogP contribution in [0, 0.1) is 0 Å². The molecule has 1 aliphatic rings. The highest BCUT2D eigenvalue weighted by Gasteiger charge is 2.41. The van der Waals surface area contributed by atoms with Gasteiger partial charge in [0.1, 0.15) is 0 Å². The number of thiocarbonyl (C=S) groups is 1. The van der Waals surface area contributed by atoms with E-state index in [2.05, 4.69) is 48.1 Å². The molecule has 1 saturated heterocycles. The van der Waals surface area contributed by atoms with Crippen LogP contribution in [0.3, 0.4) is 0 Å². The molecule has 4 aromatic heterocycles. The standard InChI is InChI=1S/C24H22N6S/c31-24-28-22(20-10-3-6-14-27-20)23(30(24)17-19-9-2-5-13-26-19)21-11-7-15-29(21)16-18-8-1-4-12-25-18/h1-15,22-23H,16-17H2,(H,28,31)/t22-,23-/m0/s1. The van der Waals surface area contributed by atoms with Crippen LogP contribution in [0.1, 0.15) is 34.9 Å². The van der Waals surface area contributed by atoms with Crippen molar-refractivity contribution in [2.45, 2.75) is 25.2 Å². The molecule has 1 fully saturated rings. The lowest BCUT2D eigenvalue weighted by atomic mass is 10.0. The van der Waals surface area contributed by atoms with Gasteiger partial charge in [-0.25, -0.2) is 0 Å². The molecule has 6 nitrogen and oxygen atoms in total. The van der Waals surface area contributed by atoms with Crippen molar-refractivity contribution in [3.63, 3.8) is 0 Å². The molecule has 1 N–H and O–H groups in total. The lowest BCUT2D eigenvalue weighted by Gasteiger charge is -2.28. The zero-order valence-electron chi connectivity index (χ0n) is 16.9. The fraction of sp³-hybridized carbons (Fsp3) is 0.167. The van der Waals surface area contributed by atoms with E-state index in [1.807, 2.05) is 73.2 Å². The van der Waals surface area contributed by atoms with Gasteiger partial charge >= 0.3 is 0 Å². The van der Waals surface area contributed by atoms with E-state index in [1.165, 1.54) is 0 Å². The number of hydrogen-bond donors (Lipinski definition) is 1. The maximum absolute atomic E-state index is 5.78. The largest absolute Gasteiger partial charge is 0.352 e. The van der Waals surface area contributed by atoms with Crippen molar-refractivity contribution in [1.29, 1.82) is 0 Å². The summed E-state index contributed by atoms with van der Waals surface area (Å²) in [5, 5.41) is 4.21. The third-order valence-corrected chi connectivity index (χ3v) is 5.83. The van der Waals surface area contributed by atoms with Crippen molar-refractivity contribution in [3.8, 4) is 0 Å². The summed E-state index contributed by atoms with van der Waals surface area (Å²) in [6.45, 7) is 1.31. The van der Waals surface area contributed by atoms with Crippen LogP contribution in [0.2, 0.25) is 0 Å². The minimum absolute atomic E-state index is 0.0249. The van der Waals surface area contributed by atoms with Gasteiger partial charge in [0.2, 0.25) is 0 Å². The third kappa shape index (κ3) is 4.04. The van der Waals surface area contributed by atoms with E-state index in [9.17, 15) is 0 Å². The quantitative estimate of drug-likeness (QED) is 0.472. The van der Waals surface area contributed by atoms with Gasteiger partial charge in [0, 0.05) is 30.5 Å². The zero-order valence-corrected chi connectivity index (χ0v) is 17.7. The summed E-state index contributed by atoms with van der Waals surface area (Å²) in [6, 6.07) is 22.1. The van der Waals surface area contributed by atoms with E-state index in [0.29, 0.717) is 18.2 Å².